The zero-order valence-corrected chi connectivity index (χ0v) is 13.7. The van der Waals surface area contributed by atoms with Crippen LogP contribution in [0.15, 0.2) is 23.1 Å². The summed E-state index contributed by atoms with van der Waals surface area (Å²) in [5.41, 5.74) is 5.96. The molecular weight excluding hydrogens is 316 g/mol. The molecule has 1 aliphatic carbocycles. The first kappa shape index (κ1) is 15.9. The van der Waals surface area contributed by atoms with Crippen LogP contribution in [0.2, 0.25) is 5.02 Å². The Morgan fingerprint density at radius 3 is 2.90 bits per heavy atom. The summed E-state index contributed by atoms with van der Waals surface area (Å²) in [6, 6.07) is 4.48. The lowest BCUT2D eigenvalue weighted by atomic mass is 10.3. The monoisotopic (exact) mass is 334 g/mol. The molecule has 3 N–H and O–H groups in total. The first-order valence-corrected chi connectivity index (χ1v) is 9.52. The Labute approximate surface area is 129 Å². The summed E-state index contributed by atoms with van der Waals surface area (Å²) in [7, 11) is -3.60. The minimum atomic E-state index is -3.60. The fourth-order valence-corrected chi connectivity index (χ4v) is 5.28. The fourth-order valence-electron chi connectivity index (χ4n) is 2.46. The minimum Gasteiger partial charge on any atom is -0.398 e. The molecule has 0 aliphatic heterocycles. The number of hydrogen-bond acceptors (Lipinski definition) is 4. The number of halogens is 1. The van der Waals surface area contributed by atoms with Crippen LogP contribution in [0, 0.1) is 0 Å². The van der Waals surface area contributed by atoms with E-state index in [1.54, 1.807) is 6.07 Å². The molecular formula is C13H19ClN2O2S2. The molecule has 1 aliphatic rings. The number of rotatable bonds is 5. The van der Waals surface area contributed by atoms with Crippen molar-refractivity contribution in [3.8, 4) is 0 Å². The van der Waals surface area contributed by atoms with Crippen molar-refractivity contribution in [1.29, 1.82) is 0 Å². The maximum Gasteiger partial charge on any atom is 0.242 e. The van der Waals surface area contributed by atoms with E-state index < -0.39 is 10.0 Å². The molecule has 4 nitrogen and oxygen atoms in total. The SMILES string of the molecule is CCSC1CCC(NS(=O)(=O)c2cc(Cl)ccc2N)C1. The number of thioether (sulfide) groups is 1. The van der Waals surface area contributed by atoms with Crippen LogP contribution in [0.3, 0.4) is 0 Å². The summed E-state index contributed by atoms with van der Waals surface area (Å²) < 4.78 is 27.5. The quantitative estimate of drug-likeness (QED) is 0.812. The third-order valence-electron chi connectivity index (χ3n) is 3.37. The summed E-state index contributed by atoms with van der Waals surface area (Å²) in [5.74, 6) is 1.06. The molecule has 2 rings (SSSR count). The van der Waals surface area contributed by atoms with Gasteiger partial charge in [-0.3, -0.25) is 0 Å². The first-order valence-electron chi connectivity index (χ1n) is 6.61. The highest BCUT2D eigenvalue weighted by Gasteiger charge is 2.29. The maximum atomic E-state index is 12.4. The Kier molecular flexibility index (Phi) is 5.23. The van der Waals surface area contributed by atoms with Crippen molar-refractivity contribution in [3.05, 3.63) is 23.2 Å². The van der Waals surface area contributed by atoms with Gasteiger partial charge in [0.1, 0.15) is 4.90 Å². The van der Waals surface area contributed by atoms with Gasteiger partial charge in [-0.05, 0) is 43.2 Å². The van der Waals surface area contributed by atoms with Crippen molar-refractivity contribution in [3.63, 3.8) is 0 Å². The van der Waals surface area contributed by atoms with Crippen molar-refractivity contribution in [2.24, 2.45) is 0 Å². The van der Waals surface area contributed by atoms with Gasteiger partial charge in [-0.15, -0.1) is 0 Å². The third kappa shape index (κ3) is 3.81. The smallest absolute Gasteiger partial charge is 0.242 e. The second-order valence-electron chi connectivity index (χ2n) is 4.89. The molecule has 1 saturated carbocycles. The van der Waals surface area contributed by atoms with E-state index in [1.807, 2.05) is 11.8 Å². The van der Waals surface area contributed by atoms with E-state index in [9.17, 15) is 8.42 Å². The molecule has 7 heteroatoms. The highest BCUT2D eigenvalue weighted by atomic mass is 35.5. The summed E-state index contributed by atoms with van der Waals surface area (Å²) in [6.07, 6.45) is 2.80. The van der Waals surface area contributed by atoms with Crippen LogP contribution in [0.1, 0.15) is 26.2 Å². The molecule has 1 aromatic carbocycles. The van der Waals surface area contributed by atoms with Crippen LogP contribution in [-0.2, 0) is 10.0 Å². The van der Waals surface area contributed by atoms with E-state index in [0.29, 0.717) is 10.3 Å². The molecule has 0 heterocycles. The van der Waals surface area contributed by atoms with Crippen molar-refractivity contribution < 1.29 is 8.42 Å². The van der Waals surface area contributed by atoms with Gasteiger partial charge < -0.3 is 5.73 Å². The normalized spacial score (nSPS) is 23.1. The number of anilines is 1. The van der Waals surface area contributed by atoms with E-state index in [4.69, 9.17) is 17.3 Å². The van der Waals surface area contributed by atoms with Crippen LogP contribution < -0.4 is 10.5 Å². The molecule has 0 saturated heterocycles. The summed E-state index contributed by atoms with van der Waals surface area (Å²) in [6.45, 7) is 2.12. The van der Waals surface area contributed by atoms with Crippen LogP contribution in [0.4, 0.5) is 5.69 Å². The number of nitrogen functional groups attached to an aromatic ring is 1. The zero-order valence-electron chi connectivity index (χ0n) is 11.3. The van der Waals surface area contributed by atoms with Crippen molar-refractivity contribution >= 4 is 39.1 Å². The molecule has 1 fully saturated rings. The van der Waals surface area contributed by atoms with Gasteiger partial charge in [0, 0.05) is 16.3 Å². The molecule has 0 bridgehead atoms. The Balaban J connectivity index is 2.10. The maximum absolute atomic E-state index is 12.4. The predicted octanol–water partition coefficient (Wildman–Crippen LogP) is 2.87. The average Bonchev–Trinajstić information content (AvgIpc) is 2.79. The molecule has 2 unspecified atom stereocenters. The van der Waals surface area contributed by atoms with E-state index in [2.05, 4.69) is 11.6 Å². The standard InChI is InChI=1S/C13H19ClN2O2S2/c1-2-19-11-5-4-10(8-11)16-20(17,18)13-7-9(14)3-6-12(13)15/h3,6-7,10-11,16H,2,4-5,8,15H2,1H3. The number of hydrogen-bond donors (Lipinski definition) is 2. The number of nitrogens with two attached hydrogens (primary N) is 1. The third-order valence-corrected chi connectivity index (χ3v) is 6.42. The van der Waals surface area contributed by atoms with Gasteiger partial charge in [-0.25, -0.2) is 13.1 Å². The van der Waals surface area contributed by atoms with Crippen molar-refractivity contribution in [2.45, 2.75) is 42.4 Å². The predicted molar refractivity (Wildman–Crippen MR) is 85.7 cm³/mol. The van der Waals surface area contributed by atoms with E-state index in [0.717, 1.165) is 25.0 Å². The molecule has 1 aromatic rings. The lowest BCUT2D eigenvalue weighted by Gasteiger charge is -2.15. The second kappa shape index (κ2) is 6.56. The van der Waals surface area contributed by atoms with Crippen molar-refractivity contribution in [2.75, 3.05) is 11.5 Å². The van der Waals surface area contributed by atoms with Gasteiger partial charge in [0.25, 0.3) is 0 Å². The molecule has 0 aromatic heterocycles. The molecule has 112 valence electrons. The number of sulfonamides is 1. The van der Waals surface area contributed by atoms with E-state index in [1.165, 1.54) is 12.1 Å². The topological polar surface area (TPSA) is 72.2 Å². The molecule has 0 radical (unpaired) electrons. The summed E-state index contributed by atoms with van der Waals surface area (Å²) in [4.78, 5) is 0.0663. The highest BCUT2D eigenvalue weighted by Crippen LogP contribution is 2.31. The lowest BCUT2D eigenvalue weighted by Crippen LogP contribution is -2.33. The second-order valence-corrected chi connectivity index (χ2v) is 8.59. The van der Waals surface area contributed by atoms with Crippen LogP contribution in [0.5, 0.6) is 0 Å². The summed E-state index contributed by atoms with van der Waals surface area (Å²) >= 11 is 7.74. The van der Waals surface area contributed by atoms with Gasteiger partial charge >= 0.3 is 0 Å². The molecule has 0 amide bonds. The average molecular weight is 335 g/mol. The van der Waals surface area contributed by atoms with Gasteiger partial charge in [-0.2, -0.15) is 11.8 Å². The Hall–Kier alpha value is -0.430. The largest absolute Gasteiger partial charge is 0.398 e. The van der Waals surface area contributed by atoms with Crippen LogP contribution in [-0.4, -0.2) is 25.5 Å². The lowest BCUT2D eigenvalue weighted by molar-refractivity contribution is 0.553. The fraction of sp³-hybridized carbons (Fsp3) is 0.538. The molecule has 20 heavy (non-hydrogen) atoms. The minimum absolute atomic E-state index is 0.0116. The first-order chi connectivity index (χ1) is 9.42. The van der Waals surface area contributed by atoms with Gasteiger partial charge in [0.05, 0.1) is 5.69 Å². The van der Waals surface area contributed by atoms with Crippen LogP contribution in [0.25, 0.3) is 0 Å². The Bertz CT molecular complexity index is 578. The zero-order chi connectivity index (χ0) is 14.8. The number of benzene rings is 1. The van der Waals surface area contributed by atoms with Crippen LogP contribution >= 0.6 is 23.4 Å². The van der Waals surface area contributed by atoms with E-state index in [-0.39, 0.29) is 16.6 Å². The molecule has 0 spiro atoms. The highest BCUT2D eigenvalue weighted by molar-refractivity contribution is 7.99. The Morgan fingerprint density at radius 1 is 1.45 bits per heavy atom. The van der Waals surface area contributed by atoms with E-state index >= 15 is 0 Å². The number of nitrogens with one attached hydrogen (secondary N) is 1. The van der Waals surface area contributed by atoms with Gasteiger partial charge in [-0.1, -0.05) is 18.5 Å². The Morgan fingerprint density at radius 2 is 2.20 bits per heavy atom. The van der Waals surface area contributed by atoms with Crippen molar-refractivity contribution in [1.82, 2.24) is 4.72 Å². The molecule has 2 atom stereocenters. The van der Waals surface area contributed by atoms with Gasteiger partial charge in [0.15, 0.2) is 0 Å². The van der Waals surface area contributed by atoms with Gasteiger partial charge in [0.2, 0.25) is 10.0 Å². The summed E-state index contributed by atoms with van der Waals surface area (Å²) in [5, 5.41) is 0.912.